The van der Waals surface area contributed by atoms with Crippen LogP contribution in [0, 0.1) is 12.8 Å². The summed E-state index contributed by atoms with van der Waals surface area (Å²) in [4.78, 5) is 14.1. The van der Waals surface area contributed by atoms with Gasteiger partial charge in [0.05, 0.1) is 4.90 Å². The molecule has 0 aliphatic carbocycles. The zero-order valence-corrected chi connectivity index (χ0v) is 13.2. The molecular formula is C14H22N2O3S. The zero-order chi connectivity index (χ0) is 15.5. The summed E-state index contributed by atoms with van der Waals surface area (Å²) in [6.07, 6.45) is 0. The van der Waals surface area contributed by atoms with Gasteiger partial charge in [-0.05, 0) is 37.5 Å². The Balaban J connectivity index is 3.17. The summed E-state index contributed by atoms with van der Waals surface area (Å²) in [5, 5.41) is 5.16. The lowest BCUT2D eigenvalue weighted by atomic mass is 10.1. The Bertz CT molecular complexity index is 594. The van der Waals surface area contributed by atoms with Crippen molar-refractivity contribution in [2.75, 3.05) is 13.1 Å². The van der Waals surface area contributed by atoms with Crippen molar-refractivity contribution in [3.05, 3.63) is 29.3 Å². The molecule has 0 spiro atoms. The molecule has 0 fully saturated rings. The summed E-state index contributed by atoms with van der Waals surface area (Å²) in [6.45, 7) is 8.82. The van der Waals surface area contributed by atoms with Crippen molar-refractivity contribution in [2.24, 2.45) is 11.1 Å². The highest BCUT2D eigenvalue weighted by atomic mass is 32.2. The van der Waals surface area contributed by atoms with Gasteiger partial charge in [-0.15, -0.1) is 0 Å². The van der Waals surface area contributed by atoms with Crippen LogP contribution in [0.15, 0.2) is 23.1 Å². The molecule has 1 aromatic carbocycles. The Labute approximate surface area is 120 Å². The molecule has 2 N–H and O–H groups in total. The maximum Gasteiger partial charge on any atom is 0.253 e. The van der Waals surface area contributed by atoms with Crippen LogP contribution in [0.25, 0.3) is 0 Å². The first-order valence-electron chi connectivity index (χ1n) is 6.59. The lowest BCUT2D eigenvalue weighted by Crippen LogP contribution is -2.34. The van der Waals surface area contributed by atoms with Crippen LogP contribution < -0.4 is 5.14 Å². The number of nitrogens with two attached hydrogens (primary N) is 1. The average Bonchev–Trinajstić information content (AvgIpc) is 2.34. The van der Waals surface area contributed by atoms with Crippen LogP contribution in [0.2, 0.25) is 0 Å². The molecule has 0 heterocycles. The van der Waals surface area contributed by atoms with Crippen LogP contribution in [0.4, 0.5) is 0 Å². The summed E-state index contributed by atoms with van der Waals surface area (Å²) in [6, 6.07) is 4.60. The number of carbonyl (C=O) groups is 1. The van der Waals surface area contributed by atoms with E-state index in [0.717, 1.165) is 0 Å². The van der Waals surface area contributed by atoms with Gasteiger partial charge < -0.3 is 4.90 Å². The average molecular weight is 298 g/mol. The molecule has 1 rings (SSSR count). The Kier molecular flexibility index (Phi) is 5.30. The molecule has 0 aliphatic rings. The molecule has 0 saturated carbocycles. The lowest BCUT2D eigenvalue weighted by molar-refractivity contribution is 0.0745. The van der Waals surface area contributed by atoms with Gasteiger partial charge >= 0.3 is 0 Å². The van der Waals surface area contributed by atoms with Crippen LogP contribution >= 0.6 is 0 Å². The molecule has 6 heteroatoms. The monoisotopic (exact) mass is 298 g/mol. The molecule has 0 atom stereocenters. The fourth-order valence-electron chi connectivity index (χ4n) is 2.02. The van der Waals surface area contributed by atoms with Crippen molar-refractivity contribution in [2.45, 2.75) is 32.6 Å². The molecule has 0 radical (unpaired) electrons. The van der Waals surface area contributed by atoms with Gasteiger partial charge in [0.15, 0.2) is 0 Å². The van der Waals surface area contributed by atoms with E-state index < -0.39 is 10.0 Å². The fourth-order valence-corrected chi connectivity index (χ4v) is 2.83. The molecule has 0 aliphatic heterocycles. The second-order valence-corrected chi connectivity index (χ2v) is 6.79. The normalized spacial score (nSPS) is 11.7. The van der Waals surface area contributed by atoms with Gasteiger partial charge in [-0.2, -0.15) is 0 Å². The maximum atomic E-state index is 12.4. The fraction of sp³-hybridized carbons (Fsp3) is 0.500. The first-order chi connectivity index (χ1) is 9.16. The second kappa shape index (κ2) is 6.37. The molecule has 0 saturated heterocycles. The van der Waals surface area contributed by atoms with Crippen LogP contribution in [-0.2, 0) is 10.0 Å². The number of primary sulfonamides is 1. The van der Waals surface area contributed by atoms with Gasteiger partial charge in [0.25, 0.3) is 5.91 Å². The van der Waals surface area contributed by atoms with E-state index in [0.29, 0.717) is 30.1 Å². The first kappa shape index (κ1) is 16.7. The Morgan fingerprint density at radius 2 is 1.95 bits per heavy atom. The largest absolute Gasteiger partial charge is 0.339 e. The van der Waals surface area contributed by atoms with Gasteiger partial charge in [0.2, 0.25) is 10.0 Å². The summed E-state index contributed by atoms with van der Waals surface area (Å²) in [7, 11) is -3.82. The SMILES string of the molecule is CCN(CC(C)C)C(=O)c1ccc(C)c(S(N)(=O)=O)c1. The Morgan fingerprint density at radius 1 is 1.35 bits per heavy atom. The van der Waals surface area contributed by atoms with Crippen molar-refractivity contribution in [1.82, 2.24) is 4.90 Å². The van der Waals surface area contributed by atoms with E-state index in [4.69, 9.17) is 5.14 Å². The van der Waals surface area contributed by atoms with Gasteiger partial charge in [0.1, 0.15) is 0 Å². The zero-order valence-electron chi connectivity index (χ0n) is 12.4. The van der Waals surface area contributed by atoms with Crippen molar-refractivity contribution in [1.29, 1.82) is 0 Å². The van der Waals surface area contributed by atoms with Crippen molar-refractivity contribution < 1.29 is 13.2 Å². The van der Waals surface area contributed by atoms with Crippen LogP contribution in [0.3, 0.4) is 0 Å². The third kappa shape index (κ3) is 4.05. The van der Waals surface area contributed by atoms with E-state index in [1.54, 1.807) is 24.0 Å². The number of benzene rings is 1. The van der Waals surface area contributed by atoms with Gasteiger partial charge in [-0.25, -0.2) is 13.6 Å². The third-order valence-electron chi connectivity index (χ3n) is 3.00. The molecule has 1 amide bonds. The third-order valence-corrected chi connectivity index (χ3v) is 4.05. The van der Waals surface area contributed by atoms with E-state index in [1.165, 1.54) is 6.07 Å². The number of hydrogen-bond acceptors (Lipinski definition) is 3. The predicted octanol–water partition coefficient (Wildman–Crippen LogP) is 1.76. The molecule has 0 aromatic heterocycles. The minimum absolute atomic E-state index is 0.00366. The van der Waals surface area contributed by atoms with Crippen LogP contribution in [0.1, 0.15) is 36.7 Å². The highest BCUT2D eigenvalue weighted by Gasteiger charge is 2.19. The number of nitrogens with zero attached hydrogens (tertiary/aromatic N) is 1. The summed E-state index contributed by atoms with van der Waals surface area (Å²) in [5.41, 5.74) is 0.887. The number of sulfonamides is 1. The number of carbonyl (C=O) groups excluding carboxylic acids is 1. The molecule has 112 valence electrons. The van der Waals surface area contributed by atoms with Crippen LogP contribution in [-0.4, -0.2) is 32.3 Å². The molecule has 0 bridgehead atoms. The predicted molar refractivity (Wildman–Crippen MR) is 79.0 cm³/mol. The Hall–Kier alpha value is -1.40. The second-order valence-electron chi connectivity index (χ2n) is 5.26. The smallest absolute Gasteiger partial charge is 0.253 e. The highest BCUT2D eigenvalue weighted by Crippen LogP contribution is 2.17. The van der Waals surface area contributed by atoms with Crippen molar-refractivity contribution >= 4 is 15.9 Å². The molecular weight excluding hydrogens is 276 g/mol. The molecule has 20 heavy (non-hydrogen) atoms. The molecule has 0 unspecified atom stereocenters. The van der Waals surface area contributed by atoms with E-state index in [9.17, 15) is 13.2 Å². The highest BCUT2D eigenvalue weighted by molar-refractivity contribution is 7.89. The quantitative estimate of drug-likeness (QED) is 0.899. The number of amides is 1. The van der Waals surface area contributed by atoms with Gasteiger partial charge in [0, 0.05) is 18.7 Å². The Morgan fingerprint density at radius 3 is 2.40 bits per heavy atom. The molecule has 5 nitrogen and oxygen atoms in total. The first-order valence-corrected chi connectivity index (χ1v) is 8.14. The number of rotatable bonds is 5. The van der Waals surface area contributed by atoms with Crippen molar-refractivity contribution in [3.63, 3.8) is 0 Å². The minimum Gasteiger partial charge on any atom is -0.339 e. The van der Waals surface area contributed by atoms with E-state index >= 15 is 0 Å². The molecule has 1 aromatic rings. The summed E-state index contributed by atoms with van der Waals surface area (Å²) < 4.78 is 23.0. The van der Waals surface area contributed by atoms with Crippen molar-refractivity contribution in [3.8, 4) is 0 Å². The lowest BCUT2D eigenvalue weighted by Gasteiger charge is -2.23. The van der Waals surface area contributed by atoms with E-state index in [-0.39, 0.29) is 10.8 Å². The maximum absolute atomic E-state index is 12.4. The minimum atomic E-state index is -3.82. The summed E-state index contributed by atoms with van der Waals surface area (Å²) >= 11 is 0. The van der Waals surface area contributed by atoms with Gasteiger partial charge in [-0.1, -0.05) is 19.9 Å². The standard InChI is InChI=1S/C14H22N2O3S/c1-5-16(9-10(2)3)14(17)12-7-6-11(4)13(8-12)20(15,18)19/h6-8,10H,5,9H2,1-4H3,(H2,15,18,19). The van der Waals surface area contributed by atoms with Crippen LogP contribution in [0.5, 0.6) is 0 Å². The summed E-state index contributed by atoms with van der Waals surface area (Å²) in [5.74, 6) is 0.174. The van der Waals surface area contributed by atoms with Gasteiger partial charge in [-0.3, -0.25) is 4.79 Å². The van der Waals surface area contributed by atoms with E-state index in [2.05, 4.69) is 0 Å². The number of aryl methyl sites for hydroxylation is 1. The number of hydrogen-bond donors (Lipinski definition) is 1. The van der Waals surface area contributed by atoms with E-state index in [1.807, 2.05) is 20.8 Å². The topological polar surface area (TPSA) is 80.5 Å².